The summed E-state index contributed by atoms with van der Waals surface area (Å²) in [5.41, 5.74) is 2.76. The second-order valence-electron chi connectivity index (χ2n) is 5.70. The first-order chi connectivity index (χ1) is 12.4. The molecule has 2 aromatic rings. The van der Waals surface area contributed by atoms with E-state index in [-0.39, 0.29) is 30.6 Å². The van der Waals surface area contributed by atoms with Crippen LogP contribution in [0.4, 0.5) is 8.78 Å². The van der Waals surface area contributed by atoms with E-state index in [2.05, 4.69) is 10.1 Å². The van der Waals surface area contributed by atoms with Crippen molar-refractivity contribution in [2.75, 3.05) is 13.7 Å². The summed E-state index contributed by atoms with van der Waals surface area (Å²) in [4.78, 5) is 11.9. The number of benzene rings is 2. The third-order valence-electron chi connectivity index (χ3n) is 3.62. The van der Waals surface area contributed by atoms with Gasteiger partial charge >= 0.3 is 6.61 Å². The molecule has 7 heteroatoms. The van der Waals surface area contributed by atoms with Crippen molar-refractivity contribution in [3.63, 3.8) is 0 Å². The van der Waals surface area contributed by atoms with E-state index in [1.165, 1.54) is 19.2 Å². The predicted molar refractivity (Wildman–Crippen MR) is 92.9 cm³/mol. The van der Waals surface area contributed by atoms with Crippen LogP contribution >= 0.6 is 0 Å². The van der Waals surface area contributed by atoms with Gasteiger partial charge in [0.2, 0.25) is 0 Å². The zero-order valence-electron chi connectivity index (χ0n) is 14.8. The number of rotatable bonds is 8. The average molecular weight is 365 g/mol. The molecule has 0 saturated heterocycles. The van der Waals surface area contributed by atoms with E-state index in [0.29, 0.717) is 11.3 Å². The molecule has 0 aliphatic carbocycles. The summed E-state index contributed by atoms with van der Waals surface area (Å²) in [6.07, 6.45) is 0. The van der Waals surface area contributed by atoms with Gasteiger partial charge < -0.3 is 19.5 Å². The highest BCUT2D eigenvalue weighted by Gasteiger charge is 2.12. The van der Waals surface area contributed by atoms with E-state index in [0.717, 1.165) is 11.1 Å². The number of methoxy groups -OCH3 is 1. The Bertz CT molecular complexity index is 765. The van der Waals surface area contributed by atoms with Gasteiger partial charge in [0.05, 0.1) is 7.11 Å². The largest absolute Gasteiger partial charge is 0.493 e. The molecule has 1 amide bonds. The molecular formula is C19H21F2NO4. The van der Waals surface area contributed by atoms with Gasteiger partial charge in [0.25, 0.3) is 5.91 Å². The van der Waals surface area contributed by atoms with E-state index in [9.17, 15) is 13.6 Å². The van der Waals surface area contributed by atoms with Crippen LogP contribution in [-0.2, 0) is 11.3 Å². The van der Waals surface area contributed by atoms with Gasteiger partial charge in [-0.2, -0.15) is 8.78 Å². The maximum Gasteiger partial charge on any atom is 0.387 e. The number of nitrogens with one attached hydrogen (secondary N) is 1. The standard InChI is InChI=1S/C19H21F2NO4/c1-12-4-6-15(13(2)8-12)25-11-18(23)22-10-14-5-7-16(26-19(20)21)17(9-14)24-3/h4-9,19H,10-11H2,1-3H3,(H,22,23). The first kappa shape index (κ1) is 19.5. The number of ether oxygens (including phenoxy) is 3. The molecule has 2 aromatic carbocycles. The topological polar surface area (TPSA) is 56.8 Å². The second-order valence-corrected chi connectivity index (χ2v) is 5.70. The van der Waals surface area contributed by atoms with Crippen LogP contribution in [0.5, 0.6) is 17.2 Å². The number of halogens is 2. The lowest BCUT2D eigenvalue weighted by molar-refractivity contribution is -0.123. The first-order valence-electron chi connectivity index (χ1n) is 7.97. The van der Waals surface area contributed by atoms with Crippen molar-refractivity contribution in [1.29, 1.82) is 0 Å². The van der Waals surface area contributed by atoms with Crippen molar-refractivity contribution < 1.29 is 27.8 Å². The van der Waals surface area contributed by atoms with E-state index in [1.54, 1.807) is 6.07 Å². The lowest BCUT2D eigenvalue weighted by Crippen LogP contribution is -2.28. The number of amides is 1. The quantitative estimate of drug-likeness (QED) is 0.776. The summed E-state index contributed by atoms with van der Waals surface area (Å²) in [6, 6.07) is 10.2. The molecule has 0 radical (unpaired) electrons. The molecule has 2 rings (SSSR count). The van der Waals surface area contributed by atoms with Gasteiger partial charge in [-0.15, -0.1) is 0 Å². The predicted octanol–water partition coefficient (Wildman–Crippen LogP) is 3.61. The third-order valence-corrected chi connectivity index (χ3v) is 3.62. The zero-order chi connectivity index (χ0) is 19.1. The van der Waals surface area contributed by atoms with Gasteiger partial charge in [-0.1, -0.05) is 23.8 Å². The summed E-state index contributed by atoms with van der Waals surface area (Å²) >= 11 is 0. The van der Waals surface area contributed by atoms with Crippen LogP contribution in [0.1, 0.15) is 16.7 Å². The molecule has 1 N–H and O–H groups in total. The maximum absolute atomic E-state index is 12.3. The lowest BCUT2D eigenvalue weighted by Gasteiger charge is -2.12. The Morgan fingerprint density at radius 1 is 1.08 bits per heavy atom. The monoisotopic (exact) mass is 365 g/mol. The molecule has 0 bridgehead atoms. The number of hydrogen-bond acceptors (Lipinski definition) is 4. The molecule has 0 fully saturated rings. The summed E-state index contributed by atoms with van der Waals surface area (Å²) in [5.74, 6) is 0.470. The summed E-state index contributed by atoms with van der Waals surface area (Å²) in [5, 5.41) is 2.70. The van der Waals surface area contributed by atoms with Crippen molar-refractivity contribution in [3.05, 3.63) is 53.1 Å². The number of alkyl halides is 2. The Balaban J connectivity index is 1.88. The average Bonchev–Trinajstić information content (AvgIpc) is 2.59. The summed E-state index contributed by atoms with van der Waals surface area (Å²) < 4.78 is 39.5. The van der Waals surface area contributed by atoms with Crippen molar-refractivity contribution in [3.8, 4) is 17.2 Å². The Morgan fingerprint density at radius 3 is 2.46 bits per heavy atom. The fourth-order valence-electron chi connectivity index (χ4n) is 2.37. The number of hydrogen-bond donors (Lipinski definition) is 1. The second kappa shape index (κ2) is 9.03. The Kier molecular flexibility index (Phi) is 6.77. The van der Waals surface area contributed by atoms with Gasteiger partial charge in [0.1, 0.15) is 5.75 Å². The van der Waals surface area contributed by atoms with Crippen molar-refractivity contribution >= 4 is 5.91 Å². The molecule has 140 valence electrons. The fraction of sp³-hybridized carbons (Fsp3) is 0.316. The molecule has 26 heavy (non-hydrogen) atoms. The van der Waals surface area contributed by atoms with E-state index in [4.69, 9.17) is 9.47 Å². The minimum Gasteiger partial charge on any atom is -0.493 e. The number of carbonyl (C=O) groups excluding carboxylic acids is 1. The lowest BCUT2D eigenvalue weighted by atomic mass is 10.1. The summed E-state index contributed by atoms with van der Waals surface area (Å²) in [6.45, 7) is 1.05. The smallest absolute Gasteiger partial charge is 0.387 e. The highest BCUT2D eigenvalue weighted by molar-refractivity contribution is 5.77. The Morgan fingerprint density at radius 2 is 1.81 bits per heavy atom. The van der Waals surface area contributed by atoms with Crippen LogP contribution in [0, 0.1) is 13.8 Å². The van der Waals surface area contributed by atoms with Gasteiger partial charge in [-0.05, 0) is 43.2 Å². The molecular weight excluding hydrogens is 344 g/mol. The number of carbonyl (C=O) groups is 1. The van der Waals surface area contributed by atoms with Crippen LogP contribution in [0.3, 0.4) is 0 Å². The zero-order valence-corrected chi connectivity index (χ0v) is 14.8. The van der Waals surface area contributed by atoms with Gasteiger partial charge in [-0.25, -0.2) is 0 Å². The molecule has 0 unspecified atom stereocenters. The Hall–Kier alpha value is -2.83. The van der Waals surface area contributed by atoms with Gasteiger partial charge in [0.15, 0.2) is 18.1 Å². The molecule has 0 saturated carbocycles. The van der Waals surface area contributed by atoms with Crippen LogP contribution in [0.25, 0.3) is 0 Å². The first-order valence-corrected chi connectivity index (χ1v) is 7.97. The minimum atomic E-state index is -2.93. The normalized spacial score (nSPS) is 10.5. The van der Waals surface area contributed by atoms with E-state index in [1.807, 2.05) is 32.0 Å². The van der Waals surface area contributed by atoms with Gasteiger partial charge in [-0.3, -0.25) is 4.79 Å². The highest BCUT2D eigenvalue weighted by Crippen LogP contribution is 2.29. The molecule has 0 atom stereocenters. The molecule has 0 aliphatic rings. The van der Waals surface area contributed by atoms with Crippen molar-refractivity contribution in [1.82, 2.24) is 5.32 Å². The van der Waals surface area contributed by atoms with Crippen LogP contribution in [0.2, 0.25) is 0 Å². The summed E-state index contributed by atoms with van der Waals surface area (Å²) in [7, 11) is 1.35. The van der Waals surface area contributed by atoms with Crippen LogP contribution in [0.15, 0.2) is 36.4 Å². The molecule has 0 aromatic heterocycles. The maximum atomic E-state index is 12.3. The van der Waals surface area contributed by atoms with Gasteiger partial charge in [0, 0.05) is 6.54 Å². The molecule has 0 heterocycles. The molecule has 0 aliphatic heterocycles. The minimum absolute atomic E-state index is 0.0595. The van der Waals surface area contributed by atoms with Crippen molar-refractivity contribution in [2.24, 2.45) is 0 Å². The Labute approximate surface area is 150 Å². The molecule has 5 nitrogen and oxygen atoms in total. The van der Waals surface area contributed by atoms with E-state index < -0.39 is 6.61 Å². The van der Waals surface area contributed by atoms with Crippen molar-refractivity contribution in [2.45, 2.75) is 27.0 Å². The van der Waals surface area contributed by atoms with Crippen LogP contribution in [-0.4, -0.2) is 26.2 Å². The van der Waals surface area contributed by atoms with E-state index >= 15 is 0 Å². The third kappa shape index (κ3) is 5.61. The fourth-order valence-corrected chi connectivity index (χ4v) is 2.37. The highest BCUT2D eigenvalue weighted by atomic mass is 19.3. The SMILES string of the molecule is COc1cc(CNC(=O)COc2ccc(C)cc2C)ccc1OC(F)F. The van der Waals surface area contributed by atoms with Crippen LogP contribution < -0.4 is 19.5 Å². The number of aryl methyl sites for hydroxylation is 2. The molecule has 0 spiro atoms.